The molecular formula is C13H15FO. The Balaban J connectivity index is 2.63. The molecule has 0 amide bonds. The monoisotopic (exact) mass is 206 g/mol. The zero-order valence-electron chi connectivity index (χ0n) is 8.87. The van der Waals surface area contributed by atoms with Crippen LogP contribution in [0.15, 0.2) is 36.2 Å². The number of halogens is 1. The van der Waals surface area contributed by atoms with Gasteiger partial charge in [0.2, 0.25) is 0 Å². The fourth-order valence-corrected chi connectivity index (χ4v) is 1.23. The molecule has 0 heterocycles. The fourth-order valence-electron chi connectivity index (χ4n) is 1.23. The third kappa shape index (κ3) is 4.07. The molecule has 0 saturated carbocycles. The standard InChI is InChI=1S/C13H15FO/c1-2-3-9-13(15)12(14)10-11-7-5-4-6-8-11/h4-8,10H,2-3,9H2,1H3/b12-10-. The maximum absolute atomic E-state index is 13.3. The van der Waals surface area contributed by atoms with Crippen molar-refractivity contribution in [1.29, 1.82) is 0 Å². The summed E-state index contributed by atoms with van der Waals surface area (Å²) in [5, 5.41) is 0. The number of carbonyl (C=O) groups is 1. The van der Waals surface area contributed by atoms with Crippen LogP contribution in [0.1, 0.15) is 31.7 Å². The van der Waals surface area contributed by atoms with E-state index in [2.05, 4.69) is 0 Å². The predicted octanol–water partition coefficient (Wildman–Crippen LogP) is 3.76. The van der Waals surface area contributed by atoms with Gasteiger partial charge < -0.3 is 0 Å². The Kier molecular flexibility index (Phi) is 4.75. The summed E-state index contributed by atoms with van der Waals surface area (Å²) in [6.07, 6.45) is 3.24. The van der Waals surface area contributed by atoms with Gasteiger partial charge in [-0.2, -0.15) is 0 Å². The second-order valence-corrected chi connectivity index (χ2v) is 3.43. The number of unbranched alkanes of at least 4 members (excludes halogenated alkanes) is 1. The summed E-state index contributed by atoms with van der Waals surface area (Å²) >= 11 is 0. The highest BCUT2D eigenvalue weighted by molar-refractivity contribution is 5.97. The van der Waals surface area contributed by atoms with Crippen molar-refractivity contribution in [2.75, 3.05) is 0 Å². The van der Waals surface area contributed by atoms with E-state index >= 15 is 0 Å². The maximum atomic E-state index is 13.3. The van der Waals surface area contributed by atoms with E-state index in [1.165, 1.54) is 6.08 Å². The quantitative estimate of drug-likeness (QED) is 0.670. The average molecular weight is 206 g/mol. The lowest BCUT2D eigenvalue weighted by molar-refractivity contribution is -0.116. The minimum absolute atomic E-state index is 0.297. The van der Waals surface area contributed by atoms with Crippen LogP contribution in [-0.4, -0.2) is 5.78 Å². The van der Waals surface area contributed by atoms with Crippen molar-refractivity contribution in [3.05, 3.63) is 41.7 Å². The van der Waals surface area contributed by atoms with Gasteiger partial charge >= 0.3 is 0 Å². The molecule has 0 bridgehead atoms. The van der Waals surface area contributed by atoms with Gasteiger partial charge in [-0.15, -0.1) is 0 Å². The Bertz CT molecular complexity index is 341. The summed E-state index contributed by atoms with van der Waals surface area (Å²) in [7, 11) is 0. The molecule has 0 saturated heterocycles. The lowest BCUT2D eigenvalue weighted by Crippen LogP contribution is -1.97. The van der Waals surface area contributed by atoms with Crippen LogP contribution in [0.3, 0.4) is 0 Å². The van der Waals surface area contributed by atoms with Crippen LogP contribution < -0.4 is 0 Å². The molecule has 0 aliphatic carbocycles. The van der Waals surface area contributed by atoms with E-state index in [9.17, 15) is 9.18 Å². The topological polar surface area (TPSA) is 17.1 Å². The maximum Gasteiger partial charge on any atom is 0.191 e. The van der Waals surface area contributed by atoms with Crippen LogP contribution in [0.2, 0.25) is 0 Å². The van der Waals surface area contributed by atoms with Gasteiger partial charge in [0.05, 0.1) is 0 Å². The van der Waals surface area contributed by atoms with Gasteiger partial charge in [0, 0.05) is 6.42 Å². The van der Waals surface area contributed by atoms with Gasteiger partial charge in [-0.25, -0.2) is 4.39 Å². The third-order valence-corrected chi connectivity index (χ3v) is 2.12. The van der Waals surface area contributed by atoms with Crippen LogP contribution in [0.4, 0.5) is 4.39 Å². The molecule has 15 heavy (non-hydrogen) atoms. The van der Waals surface area contributed by atoms with Crippen molar-refractivity contribution >= 4 is 11.9 Å². The van der Waals surface area contributed by atoms with Crippen LogP contribution in [0.25, 0.3) is 6.08 Å². The van der Waals surface area contributed by atoms with Gasteiger partial charge in [0.15, 0.2) is 11.6 Å². The third-order valence-electron chi connectivity index (χ3n) is 2.12. The molecule has 1 aromatic carbocycles. The minimum atomic E-state index is -0.644. The molecular weight excluding hydrogens is 191 g/mol. The Morgan fingerprint density at radius 2 is 2.00 bits per heavy atom. The number of Topliss-reactive ketones (excluding diaryl/α,β-unsaturated/α-hetero) is 1. The molecule has 0 spiro atoms. The van der Waals surface area contributed by atoms with Crippen LogP contribution in [0, 0.1) is 0 Å². The highest BCUT2D eigenvalue weighted by Gasteiger charge is 2.07. The lowest BCUT2D eigenvalue weighted by Gasteiger charge is -1.96. The number of benzene rings is 1. The molecule has 1 aromatic rings. The molecule has 1 rings (SSSR count). The summed E-state index contributed by atoms with van der Waals surface area (Å²) in [6.45, 7) is 1.98. The van der Waals surface area contributed by atoms with Gasteiger partial charge in [0.1, 0.15) is 0 Å². The Hall–Kier alpha value is -1.44. The van der Waals surface area contributed by atoms with Crippen molar-refractivity contribution in [1.82, 2.24) is 0 Å². The van der Waals surface area contributed by atoms with Gasteiger partial charge in [-0.05, 0) is 18.1 Å². The lowest BCUT2D eigenvalue weighted by atomic mass is 10.1. The van der Waals surface area contributed by atoms with E-state index in [0.29, 0.717) is 6.42 Å². The first-order valence-electron chi connectivity index (χ1n) is 5.19. The number of hydrogen-bond acceptors (Lipinski definition) is 1. The SMILES string of the molecule is CCCCC(=O)/C(F)=C/c1ccccc1. The second kappa shape index (κ2) is 6.12. The van der Waals surface area contributed by atoms with Crippen LogP contribution in [0.5, 0.6) is 0 Å². The summed E-state index contributed by atoms with van der Waals surface area (Å²) in [4.78, 5) is 11.3. The molecule has 0 unspecified atom stereocenters. The zero-order chi connectivity index (χ0) is 11.1. The van der Waals surface area contributed by atoms with Crippen LogP contribution >= 0.6 is 0 Å². The highest BCUT2D eigenvalue weighted by Crippen LogP contribution is 2.11. The Morgan fingerprint density at radius 3 is 2.60 bits per heavy atom. The molecule has 0 N–H and O–H groups in total. The number of carbonyl (C=O) groups excluding carboxylic acids is 1. The van der Waals surface area contributed by atoms with E-state index in [-0.39, 0.29) is 0 Å². The summed E-state index contributed by atoms with van der Waals surface area (Å²) in [6, 6.07) is 9.03. The molecule has 0 aliphatic heterocycles. The van der Waals surface area contributed by atoms with Crippen molar-refractivity contribution in [2.45, 2.75) is 26.2 Å². The number of hydrogen-bond donors (Lipinski definition) is 0. The smallest absolute Gasteiger partial charge is 0.191 e. The highest BCUT2D eigenvalue weighted by atomic mass is 19.1. The molecule has 0 aromatic heterocycles. The van der Waals surface area contributed by atoms with Gasteiger partial charge in [-0.1, -0.05) is 43.7 Å². The predicted molar refractivity (Wildman–Crippen MR) is 60.1 cm³/mol. The van der Waals surface area contributed by atoms with Crippen molar-refractivity contribution in [2.24, 2.45) is 0 Å². The van der Waals surface area contributed by atoms with Crippen molar-refractivity contribution < 1.29 is 9.18 Å². The van der Waals surface area contributed by atoms with E-state index in [1.807, 2.05) is 25.1 Å². The summed E-state index contributed by atoms with van der Waals surface area (Å²) in [5.74, 6) is -1.05. The number of ketones is 1. The molecule has 1 nitrogen and oxygen atoms in total. The fraction of sp³-hybridized carbons (Fsp3) is 0.308. The number of allylic oxidation sites excluding steroid dienone is 1. The van der Waals surface area contributed by atoms with E-state index in [4.69, 9.17) is 0 Å². The van der Waals surface area contributed by atoms with Gasteiger partial charge in [-0.3, -0.25) is 4.79 Å². The molecule has 0 radical (unpaired) electrons. The minimum Gasteiger partial charge on any atom is -0.292 e. The molecule has 80 valence electrons. The van der Waals surface area contributed by atoms with E-state index < -0.39 is 11.6 Å². The Morgan fingerprint density at radius 1 is 1.33 bits per heavy atom. The first-order chi connectivity index (χ1) is 7.24. The summed E-state index contributed by atoms with van der Waals surface area (Å²) < 4.78 is 13.3. The molecule has 0 fully saturated rings. The average Bonchev–Trinajstić information content (AvgIpc) is 2.27. The van der Waals surface area contributed by atoms with Gasteiger partial charge in [0.25, 0.3) is 0 Å². The first kappa shape index (κ1) is 11.6. The molecule has 0 aliphatic rings. The van der Waals surface area contributed by atoms with E-state index in [0.717, 1.165) is 18.4 Å². The molecule has 0 atom stereocenters. The second-order valence-electron chi connectivity index (χ2n) is 3.43. The van der Waals surface area contributed by atoms with Crippen LogP contribution in [-0.2, 0) is 4.79 Å². The van der Waals surface area contributed by atoms with Crippen molar-refractivity contribution in [3.63, 3.8) is 0 Å². The normalized spacial score (nSPS) is 11.5. The largest absolute Gasteiger partial charge is 0.292 e. The first-order valence-corrected chi connectivity index (χ1v) is 5.19. The van der Waals surface area contributed by atoms with Crippen molar-refractivity contribution in [3.8, 4) is 0 Å². The molecule has 2 heteroatoms. The number of rotatable bonds is 5. The Labute approximate surface area is 89.6 Å². The zero-order valence-corrected chi connectivity index (χ0v) is 8.87. The van der Waals surface area contributed by atoms with E-state index in [1.54, 1.807) is 12.1 Å². The summed E-state index contributed by atoms with van der Waals surface area (Å²) in [5.41, 5.74) is 0.722.